The summed E-state index contributed by atoms with van der Waals surface area (Å²) in [6.45, 7) is 3.74. The van der Waals surface area contributed by atoms with Gasteiger partial charge in [-0.3, -0.25) is 14.9 Å². The second-order valence-electron chi connectivity index (χ2n) is 4.35. The molecule has 2 N–H and O–H groups in total. The van der Waals surface area contributed by atoms with Gasteiger partial charge in [0.1, 0.15) is 12.0 Å². The van der Waals surface area contributed by atoms with E-state index in [9.17, 15) is 14.9 Å². The van der Waals surface area contributed by atoms with E-state index in [4.69, 9.17) is 16.7 Å². The van der Waals surface area contributed by atoms with Crippen molar-refractivity contribution in [3.63, 3.8) is 0 Å². The smallest absolute Gasteiger partial charge is 0.308 e. The fourth-order valence-corrected chi connectivity index (χ4v) is 1.70. The van der Waals surface area contributed by atoms with Gasteiger partial charge in [-0.25, -0.2) is 4.98 Å². The van der Waals surface area contributed by atoms with Crippen molar-refractivity contribution in [3.05, 3.63) is 27.4 Å². The second kappa shape index (κ2) is 6.33. The number of rotatable bonds is 6. The van der Waals surface area contributed by atoms with Crippen LogP contribution in [0.25, 0.3) is 0 Å². The molecule has 0 radical (unpaired) electrons. The highest BCUT2D eigenvalue weighted by Crippen LogP contribution is 2.24. The minimum atomic E-state index is -0.916. The molecule has 1 heterocycles. The highest BCUT2D eigenvalue weighted by Gasteiger charge is 2.22. The molecule has 0 fully saturated rings. The van der Waals surface area contributed by atoms with E-state index in [1.54, 1.807) is 13.8 Å². The van der Waals surface area contributed by atoms with Crippen molar-refractivity contribution in [1.82, 2.24) is 4.98 Å². The molecule has 104 valence electrons. The Morgan fingerprint density at radius 2 is 2.26 bits per heavy atom. The summed E-state index contributed by atoms with van der Waals surface area (Å²) in [6, 6.07) is 1.17. The minimum Gasteiger partial charge on any atom is -0.481 e. The second-order valence-corrected chi connectivity index (χ2v) is 4.76. The van der Waals surface area contributed by atoms with Crippen LogP contribution in [0.4, 0.5) is 11.5 Å². The molecule has 0 bridgehead atoms. The summed E-state index contributed by atoms with van der Waals surface area (Å²) in [4.78, 5) is 24.7. The third kappa shape index (κ3) is 4.06. The predicted octanol–water partition coefficient (Wildman–Crippen LogP) is 2.41. The highest BCUT2D eigenvalue weighted by molar-refractivity contribution is 6.33. The topological polar surface area (TPSA) is 105 Å². The summed E-state index contributed by atoms with van der Waals surface area (Å²) in [5, 5.41) is 22.4. The maximum Gasteiger partial charge on any atom is 0.308 e. The molecule has 0 aromatic carbocycles. The molecule has 0 aliphatic heterocycles. The van der Waals surface area contributed by atoms with Gasteiger partial charge in [-0.05, 0) is 5.92 Å². The predicted molar refractivity (Wildman–Crippen MR) is 70.4 cm³/mol. The van der Waals surface area contributed by atoms with Gasteiger partial charge in [0, 0.05) is 12.6 Å². The highest BCUT2D eigenvalue weighted by atomic mass is 35.5. The van der Waals surface area contributed by atoms with E-state index in [1.807, 2.05) is 0 Å². The third-order valence-corrected chi connectivity index (χ3v) is 2.94. The summed E-state index contributed by atoms with van der Waals surface area (Å²) >= 11 is 5.84. The Morgan fingerprint density at radius 1 is 1.63 bits per heavy atom. The van der Waals surface area contributed by atoms with E-state index < -0.39 is 16.8 Å². The molecule has 0 saturated carbocycles. The Kier molecular flexibility index (Phi) is 5.05. The lowest BCUT2D eigenvalue weighted by molar-refractivity contribution is -0.385. The zero-order chi connectivity index (χ0) is 14.6. The van der Waals surface area contributed by atoms with Crippen LogP contribution in [0.2, 0.25) is 5.02 Å². The first kappa shape index (κ1) is 15.2. The van der Waals surface area contributed by atoms with Gasteiger partial charge >= 0.3 is 5.97 Å². The van der Waals surface area contributed by atoms with E-state index in [0.717, 1.165) is 6.20 Å². The minimum absolute atomic E-state index is 0.0539. The summed E-state index contributed by atoms with van der Waals surface area (Å²) in [6.07, 6.45) is 1.07. The Balaban J connectivity index is 2.78. The van der Waals surface area contributed by atoms with Crippen molar-refractivity contribution in [2.45, 2.75) is 13.8 Å². The number of anilines is 1. The number of carbonyl (C=O) groups is 1. The monoisotopic (exact) mass is 287 g/mol. The van der Waals surface area contributed by atoms with E-state index in [-0.39, 0.29) is 29.0 Å². The zero-order valence-corrected chi connectivity index (χ0v) is 11.2. The van der Waals surface area contributed by atoms with Crippen LogP contribution in [0.15, 0.2) is 12.3 Å². The van der Waals surface area contributed by atoms with Gasteiger partial charge < -0.3 is 10.4 Å². The van der Waals surface area contributed by atoms with Gasteiger partial charge in [-0.1, -0.05) is 25.4 Å². The molecule has 0 aliphatic carbocycles. The van der Waals surface area contributed by atoms with Gasteiger partial charge in [0.2, 0.25) is 0 Å². The molecule has 1 aromatic rings. The van der Waals surface area contributed by atoms with Crippen LogP contribution >= 0.6 is 11.6 Å². The Hall–Kier alpha value is -1.89. The molecule has 1 unspecified atom stereocenters. The Bertz CT molecular complexity index is 493. The lowest BCUT2D eigenvalue weighted by Crippen LogP contribution is -2.27. The fourth-order valence-electron chi connectivity index (χ4n) is 1.47. The molecule has 7 nitrogen and oxygen atoms in total. The standard InChI is InChI=1S/C11H14ClN3O4/c1-6(2)8(11(16)17)5-14-10-9(12)3-7(4-13-10)15(18)19/h3-4,6,8H,5H2,1-2H3,(H,13,14)(H,16,17). The molecule has 1 rings (SSSR count). The molecule has 0 spiro atoms. The Morgan fingerprint density at radius 3 is 2.68 bits per heavy atom. The van der Waals surface area contributed by atoms with Gasteiger partial charge in [-0.2, -0.15) is 0 Å². The van der Waals surface area contributed by atoms with Gasteiger partial charge in [0.15, 0.2) is 0 Å². The SMILES string of the molecule is CC(C)C(CNc1ncc([N+](=O)[O-])cc1Cl)C(=O)O. The average molecular weight is 288 g/mol. The van der Waals surface area contributed by atoms with Crippen LogP contribution in [0.1, 0.15) is 13.8 Å². The number of hydrogen-bond donors (Lipinski definition) is 2. The molecule has 0 saturated heterocycles. The lowest BCUT2D eigenvalue weighted by Gasteiger charge is -2.17. The molecule has 1 aromatic heterocycles. The van der Waals surface area contributed by atoms with Crippen LogP contribution in [0.5, 0.6) is 0 Å². The summed E-state index contributed by atoms with van der Waals surface area (Å²) in [5.74, 6) is -1.32. The number of halogens is 1. The first-order chi connectivity index (χ1) is 8.82. The molecule has 0 amide bonds. The van der Waals surface area contributed by atoms with Crippen LogP contribution in [0.3, 0.4) is 0 Å². The largest absolute Gasteiger partial charge is 0.481 e. The number of pyridine rings is 1. The van der Waals surface area contributed by atoms with E-state index in [2.05, 4.69) is 10.3 Å². The first-order valence-electron chi connectivity index (χ1n) is 5.59. The number of nitrogens with zero attached hydrogens (tertiary/aromatic N) is 2. The van der Waals surface area contributed by atoms with Crippen LogP contribution in [-0.4, -0.2) is 27.5 Å². The molecule has 1 atom stereocenters. The Labute approximate surface area is 114 Å². The van der Waals surface area contributed by atoms with E-state index in [0.29, 0.717) is 0 Å². The molecule has 19 heavy (non-hydrogen) atoms. The quantitative estimate of drug-likeness (QED) is 0.615. The van der Waals surface area contributed by atoms with Crippen molar-refractivity contribution in [3.8, 4) is 0 Å². The molecule has 0 aliphatic rings. The van der Waals surface area contributed by atoms with Crippen LogP contribution < -0.4 is 5.32 Å². The lowest BCUT2D eigenvalue weighted by atomic mass is 9.96. The summed E-state index contributed by atoms with van der Waals surface area (Å²) < 4.78 is 0. The van der Waals surface area contributed by atoms with Crippen molar-refractivity contribution in [2.75, 3.05) is 11.9 Å². The maximum atomic E-state index is 11.0. The van der Waals surface area contributed by atoms with E-state index >= 15 is 0 Å². The van der Waals surface area contributed by atoms with Gasteiger partial charge in [0.25, 0.3) is 5.69 Å². The fraction of sp³-hybridized carbons (Fsp3) is 0.455. The number of carboxylic acid groups (broad SMARTS) is 1. The summed E-state index contributed by atoms with van der Waals surface area (Å²) in [5.41, 5.74) is -0.214. The first-order valence-corrected chi connectivity index (χ1v) is 5.97. The van der Waals surface area contributed by atoms with Crippen LogP contribution in [0, 0.1) is 22.0 Å². The van der Waals surface area contributed by atoms with Crippen molar-refractivity contribution in [1.29, 1.82) is 0 Å². The normalized spacial score (nSPS) is 12.2. The third-order valence-electron chi connectivity index (χ3n) is 2.65. The maximum absolute atomic E-state index is 11.0. The number of nitro groups is 1. The number of carboxylic acids is 1. The van der Waals surface area contributed by atoms with Crippen molar-refractivity contribution >= 4 is 29.1 Å². The van der Waals surface area contributed by atoms with Crippen molar-refractivity contribution < 1.29 is 14.8 Å². The summed E-state index contributed by atoms with van der Waals surface area (Å²) in [7, 11) is 0. The van der Waals surface area contributed by atoms with Crippen molar-refractivity contribution in [2.24, 2.45) is 11.8 Å². The van der Waals surface area contributed by atoms with Gasteiger partial charge in [-0.15, -0.1) is 0 Å². The van der Waals surface area contributed by atoms with E-state index in [1.165, 1.54) is 6.07 Å². The zero-order valence-electron chi connectivity index (χ0n) is 10.5. The van der Waals surface area contributed by atoms with Gasteiger partial charge in [0.05, 0.1) is 15.9 Å². The van der Waals surface area contributed by atoms with Crippen LogP contribution in [-0.2, 0) is 4.79 Å². The average Bonchev–Trinajstić information content (AvgIpc) is 2.29. The molecular formula is C11H14ClN3O4. The number of aromatic nitrogens is 1. The number of nitrogens with one attached hydrogen (secondary N) is 1. The number of aliphatic carboxylic acids is 1. The number of hydrogen-bond acceptors (Lipinski definition) is 5. The molecule has 8 heteroatoms. The molecular weight excluding hydrogens is 274 g/mol.